The third-order valence-electron chi connectivity index (χ3n) is 4.57. The Morgan fingerprint density at radius 2 is 2.04 bits per heavy atom. The fraction of sp³-hybridized carbons (Fsp3) is 0.650. The van der Waals surface area contributed by atoms with Crippen molar-refractivity contribution in [3.63, 3.8) is 0 Å². The van der Waals surface area contributed by atoms with Gasteiger partial charge in [-0.25, -0.2) is 4.99 Å². The normalized spacial score (nSPS) is 18.2. The van der Waals surface area contributed by atoms with Crippen LogP contribution in [0.25, 0.3) is 0 Å². The number of halogens is 3. The highest BCUT2D eigenvalue weighted by Crippen LogP contribution is 2.23. The lowest BCUT2D eigenvalue weighted by molar-refractivity contribution is -0.136. The summed E-state index contributed by atoms with van der Waals surface area (Å²) in [7, 11) is 0. The summed E-state index contributed by atoms with van der Waals surface area (Å²) in [6, 6.07) is 7.11. The molecule has 1 heterocycles. The average molecular weight is 400 g/mol. The SMILES string of the molecule is CC1CCCN(/C(=N/c2ccc(OCCCC(F)(F)F)cc2)NCCCN)C1. The maximum atomic E-state index is 12.2. The maximum absolute atomic E-state index is 12.2. The van der Waals surface area contributed by atoms with Crippen molar-refractivity contribution < 1.29 is 17.9 Å². The topological polar surface area (TPSA) is 62.9 Å². The van der Waals surface area contributed by atoms with Gasteiger partial charge in [0.05, 0.1) is 12.3 Å². The van der Waals surface area contributed by atoms with Gasteiger partial charge in [0.1, 0.15) is 5.75 Å². The monoisotopic (exact) mass is 400 g/mol. The van der Waals surface area contributed by atoms with Crippen molar-refractivity contribution in [1.29, 1.82) is 0 Å². The third-order valence-corrected chi connectivity index (χ3v) is 4.57. The van der Waals surface area contributed by atoms with Crippen molar-refractivity contribution in [3.05, 3.63) is 24.3 Å². The second kappa shape index (κ2) is 11.1. The first-order valence-electron chi connectivity index (χ1n) is 9.94. The van der Waals surface area contributed by atoms with Crippen LogP contribution in [0, 0.1) is 5.92 Å². The van der Waals surface area contributed by atoms with Gasteiger partial charge in [-0.05, 0) is 62.4 Å². The van der Waals surface area contributed by atoms with E-state index in [9.17, 15) is 13.2 Å². The summed E-state index contributed by atoms with van der Waals surface area (Å²) in [5.41, 5.74) is 6.36. The molecule has 1 saturated heterocycles. The van der Waals surface area contributed by atoms with Crippen LogP contribution in [0.1, 0.15) is 39.0 Å². The first-order chi connectivity index (χ1) is 13.4. The van der Waals surface area contributed by atoms with Gasteiger partial charge in [0.25, 0.3) is 0 Å². The molecule has 1 aliphatic heterocycles. The van der Waals surface area contributed by atoms with Crippen molar-refractivity contribution in [1.82, 2.24) is 10.2 Å². The molecule has 1 aliphatic rings. The van der Waals surface area contributed by atoms with Crippen LogP contribution in [0.4, 0.5) is 18.9 Å². The number of hydrogen-bond donors (Lipinski definition) is 2. The summed E-state index contributed by atoms with van der Waals surface area (Å²) in [5, 5.41) is 3.39. The Hall–Kier alpha value is -1.96. The number of likely N-dealkylation sites (tertiary alicyclic amines) is 1. The molecule has 0 spiro atoms. The average Bonchev–Trinajstić information content (AvgIpc) is 2.65. The number of hydrogen-bond acceptors (Lipinski definition) is 3. The molecule has 1 aromatic rings. The molecule has 5 nitrogen and oxygen atoms in total. The minimum Gasteiger partial charge on any atom is -0.494 e. The van der Waals surface area contributed by atoms with Gasteiger partial charge in [-0.2, -0.15) is 13.2 Å². The van der Waals surface area contributed by atoms with Crippen molar-refractivity contribution in [2.24, 2.45) is 16.6 Å². The minimum absolute atomic E-state index is 0.0414. The zero-order valence-electron chi connectivity index (χ0n) is 16.5. The molecule has 2 rings (SSSR count). The van der Waals surface area contributed by atoms with Crippen LogP contribution >= 0.6 is 0 Å². The highest BCUT2D eigenvalue weighted by atomic mass is 19.4. The number of aliphatic imine (C=N–C) groups is 1. The first-order valence-corrected chi connectivity index (χ1v) is 9.94. The first kappa shape index (κ1) is 22.3. The molecule has 1 fully saturated rings. The molecule has 28 heavy (non-hydrogen) atoms. The molecule has 0 bridgehead atoms. The standard InChI is InChI=1S/C20H31F3N4O/c1-16-5-2-13-27(15-16)19(25-12-4-11-24)26-17-6-8-18(9-7-17)28-14-3-10-20(21,22)23/h6-9,16H,2-5,10-15,24H2,1H3,(H,25,26). The smallest absolute Gasteiger partial charge is 0.389 e. The van der Waals surface area contributed by atoms with Gasteiger partial charge in [0, 0.05) is 26.1 Å². The van der Waals surface area contributed by atoms with Crippen molar-refractivity contribution >= 4 is 11.6 Å². The molecular formula is C20H31F3N4O. The van der Waals surface area contributed by atoms with E-state index in [2.05, 4.69) is 17.1 Å². The predicted octanol–water partition coefficient (Wildman–Crippen LogP) is 4.07. The van der Waals surface area contributed by atoms with E-state index in [0.29, 0.717) is 18.2 Å². The Balaban J connectivity index is 1.95. The van der Waals surface area contributed by atoms with E-state index in [-0.39, 0.29) is 13.0 Å². The Labute approximate surface area is 165 Å². The van der Waals surface area contributed by atoms with Gasteiger partial charge in [-0.1, -0.05) is 6.92 Å². The van der Waals surface area contributed by atoms with Crippen LogP contribution in [0.15, 0.2) is 29.3 Å². The Morgan fingerprint density at radius 3 is 2.68 bits per heavy atom. The zero-order valence-corrected chi connectivity index (χ0v) is 16.5. The van der Waals surface area contributed by atoms with E-state index in [1.54, 1.807) is 12.1 Å². The molecular weight excluding hydrogens is 369 g/mol. The second-order valence-electron chi connectivity index (χ2n) is 7.26. The van der Waals surface area contributed by atoms with E-state index in [4.69, 9.17) is 15.5 Å². The Kier molecular flexibility index (Phi) is 8.89. The lowest BCUT2D eigenvalue weighted by atomic mass is 10.0. The Bertz CT molecular complexity index is 604. The van der Waals surface area contributed by atoms with Gasteiger partial charge in [-0.15, -0.1) is 0 Å². The number of piperidine rings is 1. The number of ether oxygens (including phenoxy) is 1. The highest BCUT2D eigenvalue weighted by Gasteiger charge is 2.26. The van der Waals surface area contributed by atoms with E-state index >= 15 is 0 Å². The van der Waals surface area contributed by atoms with E-state index < -0.39 is 12.6 Å². The zero-order chi connectivity index (χ0) is 20.4. The van der Waals surface area contributed by atoms with Crippen LogP contribution < -0.4 is 15.8 Å². The van der Waals surface area contributed by atoms with Crippen LogP contribution in [-0.2, 0) is 0 Å². The summed E-state index contributed by atoms with van der Waals surface area (Å²) in [5.74, 6) is 2.02. The quantitative estimate of drug-likeness (QED) is 0.392. The third kappa shape index (κ3) is 8.37. The summed E-state index contributed by atoms with van der Waals surface area (Å²) >= 11 is 0. The number of alkyl halides is 3. The van der Waals surface area contributed by atoms with Gasteiger partial charge in [0.2, 0.25) is 0 Å². The fourth-order valence-corrected chi connectivity index (χ4v) is 3.11. The predicted molar refractivity (Wildman–Crippen MR) is 106 cm³/mol. The lowest BCUT2D eigenvalue weighted by Gasteiger charge is -2.33. The molecule has 158 valence electrons. The maximum Gasteiger partial charge on any atom is 0.389 e. The number of nitrogens with one attached hydrogen (secondary N) is 1. The molecule has 1 unspecified atom stereocenters. The molecule has 0 radical (unpaired) electrons. The van der Waals surface area contributed by atoms with Crippen molar-refractivity contribution in [3.8, 4) is 5.75 Å². The second-order valence-corrected chi connectivity index (χ2v) is 7.26. The van der Waals surface area contributed by atoms with Gasteiger partial charge in [0.15, 0.2) is 5.96 Å². The summed E-state index contributed by atoms with van der Waals surface area (Å²) < 4.78 is 41.9. The summed E-state index contributed by atoms with van der Waals surface area (Å²) in [6.45, 7) is 5.61. The van der Waals surface area contributed by atoms with Crippen LogP contribution in [0.3, 0.4) is 0 Å². The lowest BCUT2D eigenvalue weighted by Crippen LogP contribution is -2.46. The Morgan fingerprint density at radius 1 is 1.29 bits per heavy atom. The van der Waals surface area contributed by atoms with Crippen LogP contribution in [0.2, 0.25) is 0 Å². The summed E-state index contributed by atoms with van der Waals surface area (Å²) in [6.07, 6.45) is -1.78. The van der Waals surface area contributed by atoms with Gasteiger partial charge < -0.3 is 20.7 Å². The molecule has 0 saturated carbocycles. The number of guanidine groups is 1. The van der Waals surface area contributed by atoms with Crippen molar-refractivity contribution in [2.75, 3.05) is 32.8 Å². The molecule has 0 amide bonds. The highest BCUT2D eigenvalue weighted by molar-refractivity contribution is 5.83. The molecule has 8 heteroatoms. The van der Waals surface area contributed by atoms with Crippen LogP contribution in [0.5, 0.6) is 5.75 Å². The minimum atomic E-state index is -4.14. The molecule has 1 atom stereocenters. The number of rotatable bonds is 8. The molecule has 0 aliphatic carbocycles. The van der Waals surface area contributed by atoms with Gasteiger partial charge in [-0.3, -0.25) is 0 Å². The summed E-state index contributed by atoms with van der Waals surface area (Å²) in [4.78, 5) is 7.01. The molecule has 0 aromatic heterocycles. The van der Waals surface area contributed by atoms with E-state index in [1.807, 2.05) is 12.1 Å². The van der Waals surface area contributed by atoms with Gasteiger partial charge >= 0.3 is 6.18 Å². The number of nitrogens with zero attached hydrogens (tertiary/aromatic N) is 2. The fourth-order valence-electron chi connectivity index (χ4n) is 3.11. The van der Waals surface area contributed by atoms with E-state index in [0.717, 1.165) is 44.1 Å². The van der Waals surface area contributed by atoms with Crippen molar-refractivity contribution in [2.45, 2.75) is 45.2 Å². The van der Waals surface area contributed by atoms with Crippen LogP contribution in [-0.4, -0.2) is 49.8 Å². The van der Waals surface area contributed by atoms with E-state index in [1.165, 1.54) is 6.42 Å². The number of nitrogens with two attached hydrogens (primary N) is 1. The molecule has 3 N–H and O–H groups in total. The molecule has 1 aromatic carbocycles. The number of benzene rings is 1. The largest absolute Gasteiger partial charge is 0.494 e.